The summed E-state index contributed by atoms with van der Waals surface area (Å²) in [5.74, 6) is -0.960. The van der Waals surface area contributed by atoms with Gasteiger partial charge in [-0.1, -0.05) is 18.2 Å². The van der Waals surface area contributed by atoms with Crippen molar-refractivity contribution in [3.63, 3.8) is 0 Å². The smallest absolute Gasteiger partial charge is 0.332 e. The van der Waals surface area contributed by atoms with Gasteiger partial charge in [-0.25, -0.2) is 9.78 Å². The summed E-state index contributed by atoms with van der Waals surface area (Å²) in [7, 11) is 2.85. The number of allylic oxidation sites excluding steroid dienone is 1. The van der Waals surface area contributed by atoms with Gasteiger partial charge in [0.25, 0.3) is 17.2 Å². The van der Waals surface area contributed by atoms with Gasteiger partial charge < -0.3 is 10.6 Å². The van der Waals surface area contributed by atoms with Crippen molar-refractivity contribution >= 4 is 23.2 Å². The number of fused-ring (bicyclic) bond motifs is 1. The fourth-order valence-corrected chi connectivity index (χ4v) is 3.96. The van der Waals surface area contributed by atoms with E-state index in [1.165, 1.54) is 43.1 Å². The number of hydrogen-bond donors (Lipinski definition) is 2. The summed E-state index contributed by atoms with van der Waals surface area (Å²) in [4.78, 5) is 54.1. The summed E-state index contributed by atoms with van der Waals surface area (Å²) in [5.41, 5.74) is -0.243. The number of nitro benzene ring substituents is 1. The van der Waals surface area contributed by atoms with Crippen molar-refractivity contribution in [1.29, 1.82) is 0 Å². The van der Waals surface area contributed by atoms with E-state index in [0.717, 1.165) is 4.57 Å². The zero-order valence-corrected chi connectivity index (χ0v) is 18.0. The fraction of sp³-hybridized carbons (Fsp3) is 0.182. The number of nitro groups is 1. The molecule has 168 valence electrons. The number of hydrogen-bond acceptors (Lipinski definition) is 7. The normalized spacial score (nSPS) is 14.9. The van der Waals surface area contributed by atoms with Crippen LogP contribution in [0.1, 0.15) is 24.0 Å². The highest BCUT2D eigenvalue weighted by Gasteiger charge is 2.37. The summed E-state index contributed by atoms with van der Waals surface area (Å²) in [6.07, 6.45) is 1.52. The number of rotatable bonds is 4. The van der Waals surface area contributed by atoms with Gasteiger partial charge in [0.05, 0.1) is 16.4 Å². The summed E-state index contributed by atoms with van der Waals surface area (Å²) < 4.78 is 2.22. The topological polar surface area (TPSA) is 141 Å². The molecule has 0 fully saturated rings. The SMILES string of the molecule is CC1=C(C(=O)Nc2ccccn2)C(c2cccc([N+](=O)[O-])c2)c2c(n(C)c(=O)n(C)c2=O)N1. The van der Waals surface area contributed by atoms with E-state index in [1.54, 1.807) is 31.2 Å². The Morgan fingerprint density at radius 1 is 1.15 bits per heavy atom. The molecule has 11 heteroatoms. The monoisotopic (exact) mass is 448 g/mol. The first-order valence-corrected chi connectivity index (χ1v) is 9.95. The lowest BCUT2D eigenvalue weighted by molar-refractivity contribution is -0.384. The molecule has 0 spiro atoms. The van der Waals surface area contributed by atoms with E-state index in [2.05, 4.69) is 15.6 Å². The van der Waals surface area contributed by atoms with Gasteiger partial charge in [0.1, 0.15) is 11.6 Å². The average Bonchev–Trinajstić information content (AvgIpc) is 2.81. The van der Waals surface area contributed by atoms with Crippen molar-refractivity contribution in [2.75, 3.05) is 10.6 Å². The molecule has 1 aliphatic heterocycles. The van der Waals surface area contributed by atoms with Crippen molar-refractivity contribution in [2.45, 2.75) is 12.8 Å². The molecule has 1 aromatic carbocycles. The van der Waals surface area contributed by atoms with Crippen molar-refractivity contribution in [1.82, 2.24) is 14.1 Å². The first kappa shape index (κ1) is 21.7. The Morgan fingerprint density at radius 3 is 2.58 bits per heavy atom. The predicted octanol–water partition coefficient (Wildman–Crippen LogP) is 1.86. The molecule has 0 saturated carbocycles. The Morgan fingerprint density at radius 2 is 1.91 bits per heavy atom. The van der Waals surface area contributed by atoms with Crippen LogP contribution in [-0.4, -0.2) is 24.9 Å². The third kappa shape index (κ3) is 3.69. The molecule has 11 nitrogen and oxygen atoms in total. The van der Waals surface area contributed by atoms with Crippen molar-refractivity contribution < 1.29 is 9.72 Å². The molecule has 1 aliphatic rings. The largest absolute Gasteiger partial charge is 0.344 e. The van der Waals surface area contributed by atoms with E-state index >= 15 is 0 Å². The number of anilines is 2. The van der Waals surface area contributed by atoms with Crippen LogP contribution in [-0.2, 0) is 18.9 Å². The van der Waals surface area contributed by atoms with E-state index in [1.807, 2.05) is 0 Å². The van der Waals surface area contributed by atoms with E-state index < -0.39 is 28.0 Å². The Kier molecular flexibility index (Phi) is 5.38. The van der Waals surface area contributed by atoms with Gasteiger partial charge in [0.15, 0.2) is 0 Å². The molecular formula is C22H20N6O5. The van der Waals surface area contributed by atoms with Crippen LogP contribution in [0.5, 0.6) is 0 Å². The molecule has 4 rings (SSSR count). The zero-order chi connectivity index (χ0) is 23.9. The van der Waals surface area contributed by atoms with Gasteiger partial charge in [0, 0.05) is 43.7 Å². The van der Waals surface area contributed by atoms with Gasteiger partial charge in [0.2, 0.25) is 0 Å². The van der Waals surface area contributed by atoms with Gasteiger partial charge in [-0.2, -0.15) is 0 Å². The van der Waals surface area contributed by atoms with Crippen molar-refractivity contribution in [3.05, 3.63) is 102 Å². The van der Waals surface area contributed by atoms with Crippen molar-refractivity contribution in [2.24, 2.45) is 14.1 Å². The van der Waals surface area contributed by atoms with Gasteiger partial charge in [-0.15, -0.1) is 0 Å². The maximum atomic E-state index is 13.4. The van der Waals surface area contributed by atoms with Crippen LogP contribution >= 0.6 is 0 Å². The minimum atomic E-state index is -0.963. The summed E-state index contributed by atoms with van der Waals surface area (Å²) in [6.45, 7) is 1.64. The molecule has 1 unspecified atom stereocenters. The fourth-order valence-electron chi connectivity index (χ4n) is 3.96. The zero-order valence-electron chi connectivity index (χ0n) is 18.0. The third-order valence-corrected chi connectivity index (χ3v) is 5.55. The number of carbonyl (C=O) groups is 1. The van der Waals surface area contributed by atoms with Crippen LogP contribution in [0, 0.1) is 10.1 Å². The first-order valence-electron chi connectivity index (χ1n) is 9.95. The summed E-state index contributed by atoms with van der Waals surface area (Å²) in [5, 5.41) is 17.1. The Hall–Kier alpha value is -4.54. The number of benzene rings is 1. The number of carbonyl (C=O) groups excluding carboxylic acids is 1. The maximum absolute atomic E-state index is 13.4. The van der Waals surface area contributed by atoms with Crippen LogP contribution < -0.4 is 21.9 Å². The lowest BCUT2D eigenvalue weighted by atomic mass is 9.81. The number of non-ortho nitro benzene ring substituents is 1. The second-order valence-electron chi connectivity index (χ2n) is 7.59. The molecule has 0 saturated heterocycles. The number of aromatic nitrogens is 3. The average molecular weight is 448 g/mol. The Balaban J connectivity index is 1.98. The van der Waals surface area contributed by atoms with E-state index in [-0.39, 0.29) is 22.6 Å². The summed E-state index contributed by atoms with van der Waals surface area (Å²) in [6, 6.07) is 10.8. The Bertz CT molecular complexity index is 1440. The molecule has 3 aromatic rings. The highest BCUT2D eigenvalue weighted by molar-refractivity contribution is 6.06. The highest BCUT2D eigenvalue weighted by atomic mass is 16.6. The second-order valence-corrected chi connectivity index (χ2v) is 7.59. The van der Waals surface area contributed by atoms with Crippen LogP contribution in [0.3, 0.4) is 0 Å². The molecule has 1 amide bonds. The maximum Gasteiger partial charge on any atom is 0.332 e. The van der Waals surface area contributed by atoms with Crippen LogP contribution in [0.4, 0.5) is 17.3 Å². The lowest BCUT2D eigenvalue weighted by Crippen LogP contribution is -2.43. The molecule has 2 N–H and O–H groups in total. The standard InChI is InChI=1S/C22H20N6O5/c1-12-16(20(29)25-15-9-4-5-10-23-15)17(13-7-6-8-14(11-13)28(32)33)18-19(24-12)26(2)22(31)27(3)21(18)30/h4-11,17,24H,1-3H3,(H,23,25,29). The molecule has 1 atom stereocenters. The highest BCUT2D eigenvalue weighted by Crippen LogP contribution is 2.40. The minimum absolute atomic E-state index is 0.136. The third-order valence-electron chi connectivity index (χ3n) is 5.55. The number of nitrogens with zero attached hydrogens (tertiary/aromatic N) is 4. The molecule has 0 radical (unpaired) electrons. The molecular weight excluding hydrogens is 428 g/mol. The number of amides is 1. The number of pyridine rings is 1. The predicted molar refractivity (Wildman–Crippen MR) is 121 cm³/mol. The molecule has 2 aromatic heterocycles. The van der Waals surface area contributed by atoms with Crippen molar-refractivity contribution in [3.8, 4) is 0 Å². The molecule has 0 bridgehead atoms. The second kappa shape index (κ2) is 8.19. The van der Waals surface area contributed by atoms with Gasteiger partial charge in [-0.05, 0) is 24.6 Å². The van der Waals surface area contributed by atoms with Crippen LogP contribution in [0.25, 0.3) is 0 Å². The Labute approximate surface area is 187 Å². The molecule has 33 heavy (non-hydrogen) atoms. The molecule has 0 aliphatic carbocycles. The first-order chi connectivity index (χ1) is 15.7. The summed E-state index contributed by atoms with van der Waals surface area (Å²) >= 11 is 0. The van der Waals surface area contributed by atoms with E-state index in [9.17, 15) is 24.5 Å². The minimum Gasteiger partial charge on any atom is -0.344 e. The van der Waals surface area contributed by atoms with E-state index in [0.29, 0.717) is 17.1 Å². The number of nitrogens with one attached hydrogen (secondary N) is 2. The lowest BCUT2D eigenvalue weighted by Gasteiger charge is -2.31. The van der Waals surface area contributed by atoms with Crippen LogP contribution in [0.15, 0.2) is 69.5 Å². The van der Waals surface area contributed by atoms with Crippen LogP contribution in [0.2, 0.25) is 0 Å². The van der Waals surface area contributed by atoms with Gasteiger partial charge in [-0.3, -0.25) is 28.8 Å². The van der Waals surface area contributed by atoms with Gasteiger partial charge >= 0.3 is 5.69 Å². The quantitative estimate of drug-likeness (QED) is 0.458. The van der Waals surface area contributed by atoms with E-state index in [4.69, 9.17) is 0 Å². The molecule has 3 heterocycles.